The van der Waals surface area contributed by atoms with Crippen molar-refractivity contribution in [1.29, 1.82) is 0 Å². The van der Waals surface area contributed by atoms with Gasteiger partial charge in [-0.25, -0.2) is 0 Å². The first kappa shape index (κ1) is 15.4. The van der Waals surface area contributed by atoms with E-state index >= 15 is 0 Å². The number of halogens is 1. The summed E-state index contributed by atoms with van der Waals surface area (Å²) in [6, 6.07) is 6.37. The van der Waals surface area contributed by atoms with Crippen molar-refractivity contribution in [2.24, 2.45) is 7.05 Å². The molecule has 0 spiro atoms. The summed E-state index contributed by atoms with van der Waals surface area (Å²) in [6.45, 7) is 6.93. The van der Waals surface area contributed by atoms with Gasteiger partial charge in [-0.2, -0.15) is 0 Å². The fraction of sp³-hybridized carbons (Fsp3) is 0.429. The normalized spacial score (nSPS) is 11.3. The summed E-state index contributed by atoms with van der Waals surface area (Å²) in [5.41, 5.74) is 1.11. The highest BCUT2D eigenvalue weighted by atomic mass is 35.5. The van der Waals surface area contributed by atoms with Crippen LogP contribution in [-0.4, -0.2) is 20.8 Å². The van der Waals surface area contributed by atoms with Crippen molar-refractivity contribution in [3.05, 3.63) is 34.6 Å². The Hall–Kier alpha value is -1.04. The minimum atomic E-state index is 0.418. The van der Waals surface area contributed by atoms with Gasteiger partial charge < -0.3 is 9.88 Å². The lowest BCUT2D eigenvalue weighted by Gasteiger charge is -2.13. The fourth-order valence-corrected chi connectivity index (χ4v) is 2.98. The van der Waals surface area contributed by atoms with Crippen LogP contribution in [0.25, 0.3) is 0 Å². The van der Waals surface area contributed by atoms with Crippen LogP contribution in [0.4, 0.5) is 0 Å². The molecule has 0 atom stereocenters. The molecule has 6 heteroatoms. The van der Waals surface area contributed by atoms with Crippen molar-refractivity contribution in [1.82, 2.24) is 20.1 Å². The SMILES string of the molecule is Cc1nnc(Sc2cccc(Cl)c2CNC(C)C)n1C. The number of benzene rings is 1. The van der Waals surface area contributed by atoms with E-state index in [0.29, 0.717) is 6.04 Å². The lowest BCUT2D eigenvalue weighted by Crippen LogP contribution is -2.22. The molecule has 20 heavy (non-hydrogen) atoms. The zero-order valence-corrected chi connectivity index (χ0v) is 13.7. The maximum absolute atomic E-state index is 6.33. The van der Waals surface area contributed by atoms with Gasteiger partial charge in [0, 0.05) is 29.6 Å². The molecule has 2 aromatic rings. The average Bonchev–Trinajstić information content (AvgIpc) is 2.70. The van der Waals surface area contributed by atoms with E-state index in [4.69, 9.17) is 11.6 Å². The van der Waals surface area contributed by atoms with E-state index < -0.39 is 0 Å². The van der Waals surface area contributed by atoms with Gasteiger partial charge in [-0.1, -0.05) is 31.5 Å². The number of hydrogen-bond donors (Lipinski definition) is 1. The Morgan fingerprint density at radius 3 is 2.70 bits per heavy atom. The van der Waals surface area contributed by atoms with Crippen molar-refractivity contribution >= 4 is 23.4 Å². The van der Waals surface area contributed by atoms with Crippen molar-refractivity contribution in [2.45, 2.75) is 43.4 Å². The molecule has 0 fully saturated rings. The van der Waals surface area contributed by atoms with Crippen LogP contribution < -0.4 is 5.32 Å². The molecule has 2 rings (SSSR count). The molecule has 0 aliphatic carbocycles. The van der Waals surface area contributed by atoms with E-state index in [-0.39, 0.29) is 0 Å². The molecule has 4 nitrogen and oxygen atoms in total. The van der Waals surface area contributed by atoms with Crippen LogP contribution in [0.1, 0.15) is 25.2 Å². The van der Waals surface area contributed by atoms with E-state index in [9.17, 15) is 0 Å². The Bertz CT molecular complexity index is 595. The molecular weight excluding hydrogens is 292 g/mol. The zero-order chi connectivity index (χ0) is 14.7. The number of aromatic nitrogens is 3. The molecule has 0 aliphatic rings. The number of aryl methyl sites for hydroxylation is 1. The van der Waals surface area contributed by atoms with Crippen molar-refractivity contribution < 1.29 is 0 Å². The highest BCUT2D eigenvalue weighted by Gasteiger charge is 2.12. The highest BCUT2D eigenvalue weighted by Crippen LogP contribution is 2.32. The van der Waals surface area contributed by atoms with E-state index in [1.807, 2.05) is 30.7 Å². The van der Waals surface area contributed by atoms with Gasteiger partial charge >= 0.3 is 0 Å². The second-order valence-corrected chi connectivity index (χ2v) is 6.36. The molecule has 0 bridgehead atoms. The van der Waals surface area contributed by atoms with Gasteiger partial charge in [0.05, 0.1) is 0 Å². The Labute approximate surface area is 128 Å². The van der Waals surface area contributed by atoms with E-state index in [1.54, 1.807) is 11.8 Å². The fourth-order valence-electron chi connectivity index (χ4n) is 1.69. The van der Waals surface area contributed by atoms with Gasteiger partial charge in [0.15, 0.2) is 5.16 Å². The summed E-state index contributed by atoms with van der Waals surface area (Å²) in [5, 5.41) is 13.3. The van der Waals surface area contributed by atoms with E-state index in [0.717, 1.165) is 33.0 Å². The van der Waals surface area contributed by atoms with Gasteiger partial charge in [-0.05, 0) is 36.4 Å². The summed E-state index contributed by atoms with van der Waals surface area (Å²) in [6.07, 6.45) is 0. The summed E-state index contributed by atoms with van der Waals surface area (Å²) >= 11 is 7.92. The second kappa shape index (κ2) is 6.61. The van der Waals surface area contributed by atoms with Gasteiger partial charge in [-0.3, -0.25) is 0 Å². The van der Waals surface area contributed by atoms with Crippen LogP contribution >= 0.6 is 23.4 Å². The van der Waals surface area contributed by atoms with Gasteiger partial charge in [0.2, 0.25) is 0 Å². The smallest absolute Gasteiger partial charge is 0.195 e. The maximum atomic E-state index is 6.33. The summed E-state index contributed by atoms with van der Waals surface area (Å²) in [4.78, 5) is 1.11. The third-order valence-corrected chi connectivity index (χ3v) is 4.51. The van der Waals surface area contributed by atoms with Crippen LogP contribution in [0.2, 0.25) is 5.02 Å². The molecule has 1 N–H and O–H groups in total. The number of rotatable bonds is 5. The van der Waals surface area contributed by atoms with Crippen LogP contribution in [0.5, 0.6) is 0 Å². The first-order chi connectivity index (χ1) is 9.49. The molecule has 108 valence electrons. The third-order valence-electron chi connectivity index (χ3n) is 3.02. The minimum Gasteiger partial charge on any atom is -0.310 e. The number of nitrogens with one attached hydrogen (secondary N) is 1. The average molecular weight is 311 g/mol. The summed E-state index contributed by atoms with van der Waals surface area (Å²) in [7, 11) is 1.97. The predicted octanol–water partition coefficient (Wildman–Crippen LogP) is 3.43. The molecule has 0 radical (unpaired) electrons. The Balaban J connectivity index is 2.27. The number of hydrogen-bond acceptors (Lipinski definition) is 4. The Kier molecular flexibility index (Phi) is 5.07. The zero-order valence-electron chi connectivity index (χ0n) is 12.1. The topological polar surface area (TPSA) is 42.7 Å². The first-order valence-electron chi connectivity index (χ1n) is 6.53. The molecule has 0 saturated carbocycles. The second-order valence-electron chi connectivity index (χ2n) is 4.94. The molecule has 0 amide bonds. The van der Waals surface area contributed by atoms with Crippen molar-refractivity contribution in [3.63, 3.8) is 0 Å². The van der Waals surface area contributed by atoms with Crippen molar-refractivity contribution in [2.75, 3.05) is 0 Å². The maximum Gasteiger partial charge on any atom is 0.195 e. The molecule has 0 unspecified atom stereocenters. The van der Waals surface area contributed by atoms with Crippen LogP contribution in [-0.2, 0) is 13.6 Å². The minimum absolute atomic E-state index is 0.418. The first-order valence-corrected chi connectivity index (χ1v) is 7.73. The Morgan fingerprint density at radius 2 is 2.10 bits per heavy atom. The van der Waals surface area contributed by atoms with E-state index in [1.165, 1.54) is 0 Å². The van der Waals surface area contributed by atoms with Gasteiger partial charge in [-0.15, -0.1) is 10.2 Å². The lowest BCUT2D eigenvalue weighted by atomic mass is 10.2. The summed E-state index contributed by atoms with van der Waals surface area (Å²) in [5.74, 6) is 0.899. The molecule has 1 aromatic heterocycles. The monoisotopic (exact) mass is 310 g/mol. The molecule has 1 heterocycles. The van der Waals surface area contributed by atoms with Crippen LogP contribution in [0.3, 0.4) is 0 Å². The van der Waals surface area contributed by atoms with Crippen LogP contribution in [0.15, 0.2) is 28.3 Å². The molecule has 0 saturated heterocycles. The van der Waals surface area contributed by atoms with Gasteiger partial charge in [0.1, 0.15) is 5.82 Å². The molecule has 1 aromatic carbocycles. The quantitative estimate of drug-likeness (QED) is 0.919. The standard InChI is InChI=1S/C14H19ClN4S/c1-9(2)16-8-11-12(15)6-5-7-13(11)20-14-18-17-10(3)19(14)4/h5-7,9,16H,8H2,1-4H3. The van der Waals surface area contributed by atoms with Crippen LogP contribution in [0, 0.1) is 6.92 Å². The van der Waals surface area contributed by atoms with Gasteiger partial charge in [0.25, 0.3) is 0 Å². The largest absolute Gasteiger partial charge is 0.310 e. The predicted molar refractivity (Wildman–Crippen MR) is 83.3 cm³/mol. The molecule has 0 aliphatic heterocycles. The Morgan fingerprint density at radius 1 is 1.35 bits per heavy atom. The lowest BCUT2D eigenvalue weighted by molar-refractivity contribution is 0.585. The third kappa shape index (κ3) is 3.53. The highest BCUT2D eigenvalue weighted by molar-refractivity contribution is 7.99. The van der Waals surface area contributed by atoms with E-state index in [2.05, 4.69) is 35.4 Å². The summed E-state index contributed by atoms with van der Waals surface area (Å²) < 4.78 is 1.98. The molecular formula is C14H19ClN4S. The van der Waals surface area contributed by atoms with Crippen molar-refractivity contribution in [3.8, 4) is 0 Å². The number of nitrogens with zero attached hydrogens (tertiary/aromatic N) is 3.